The zero-order valence-corrected chi connectivity index (χ0v) is 9.32. The van der Waals surface area contributed by atoms with Gasteiger partial charge in [0.05, 0.1) is 5.60 Å². The Kier molecular flexibility index (Phi) is 3.78. The highest BCUT2D eigenvalue weighted by Crippen LogP contribution is 2.36. The first-order valence-corrected chi connectivity index (χ1v) is 4.63. The molecule has 0 fully saturated rings. The average Bonchev–Trinajstić information content (AvgIpc) is 1.87. The van der Waals surface area contributed by atoms with Gasteiger partial charge in [-0.1, -0.05) is 27.2 Å². The molecule has 0 heterocycles. The zero-order chi connectivity index (χ0) is 9.12. The molecule has 0 aliphatic carbocycles. The summed E-state index contributed by atoms with van der Waals surface area (Å²) in [5.41, 5.74) is 0.128. The summed E-state index contributed by atoms with van der Waals surface area (Å²) >= 11 is 0. The molecule has 0 unspecified atom stereocenters. The lowest BCUT2D eigenvalue weighted by molar-refractivity contribution is -0.00993. The van der Waals surface area contributed by atoms with Gasteiger partial charge in [0.1, 0.15) is 0 Å². The maximum atomic E-state index is 5.26. The molecule has 0 rings (SSSR count). The van der Waals surface area contributed by atoms with Crippen molar-refractivity contribution in [3.63, 3.8) is 0 Å². The predicted molar refractivity (Wildman–Crippen MR) is 49.6 cm³/mol. The fraction of sp³-hybridized carbons (Fsp3) is 1.00. The third-order valence-electron chi connectivity index (χ3n) is 2.76. The fourth-order valence-corrected chi connectivity index (χ4v) is 1.34. The third kappa shape index (κ3) is 2.60. The molecule has 1 nitrogen and oxygen atoms in total. The largest absolute Gasteiger partial charge is 0.413 e. The number of hydrogen-bond acceptors (Lipinski definition) is 1. The molecule has 0 saturated carbocycles. The van der Waals surface area contributed by atoms with Crippen LogP contribution in [0.3, 0.4) is 0 Å². The van der Waals surface area contributed by atoms with E-state index in [1.54, 1.807) is 0 Å². The smallest absolute Gasteiger partial charge is 0.247 e. The summed E-state index contributed by atoms with van der Waals surface area (Å²) in [5.74, 6) is 0. The highest BCUT2D eigenvalue weighted by Gasteiger charge is 2.35. The standard InChI is InChI=1S/C9H19OSi/c1-6-7-8(2,3)9(4,5)10-11/h6-7H2,1-5H3. The van der Waals surface area contributed by atoms with Gasteiger partial charge in [0, 0.05) is 0 Å². The summed E-state index contributed by atoms with van der Waals surface area (Å²) in [6, 6.07) is 0. The van der Waals surface area contributed by atoms with Crippen LogP contribution in [-0.4, -0.2) is 16.1 Å². The van der Waals surface area contributed by atoms with E-state index in [0.717, 1.165) is 0 Å². The minimum atomic E-state index is -0.0973. The zero-order valence-electron chi connectivity index (χ0n) is 8.32. The van der Waals surface area contributed by atoms with E-state index in [-0.39, 0.29) is 11.0 Å². The van der Waals surface area contributed by atoms with Crippen LogP contribution in [0, 0.1) is 5.41 Å². The normalized spacial score (nSPS) is 13.6. The van der Waals surface area contributed by atoms with E-state index in [9.17, 15) is 0 Å². The van der Waals surface area contributed by atoms with Crippen LogP contribution in [0.15, 0.2) is 0 Å². The van der Waals surface area contributed by atoms with Crippen LogP contribution in [0.4, 0.5) is 0 Å². The monoisotopic (exact) mass is 171 g/mol. The average molecular weight is 171 g/mol. The molecule has 0 aliphatic rings. The van der Waals surface area contributed by atoms with Crippen molar-refractivity contribution < 1.29 is 4.43 Å². The molecule has 0 aromatic heterocycles. The van der Waals surface area contributed by atoms with Crippen molar-refractivity contribution in [1.82, 2.24) is 0 Å². The summed E-state index contributed by atoms with van der Waals surface area (Å²) in [5, 5.41) is 0. The second-order valence-electron chi connectivity index (χ2n) is 4.25. The first kappa shape index (κ1) is 11.2. The SMILES string of the molecule is CCCC(C)(C)C(C)(C)O[Si]. The summed E-state index contributed by atoms with van der Waals surface area (Å²) in [7, 11) is 3.12. The van der Waals surface area contributed by atoms with Gasteiger partial charge < -0.3 is 4.43 Å². The van der Waals surface area contributed by atoms with Gasteiger partial charge in [0.15, 0.2) is 0 Å². The molecule has 0 atom stereocenters. The molecule has 0 amide bonds. The molecule has 0 bridgehead atoms. The molecule has 0 N–H and O–H groups in total. The number of hydrogen-bond donors (Lipinski definition) is 0. The van der Waals surface area contributed by atoms with E-state index in [2.05, 4.69) is 45.1 Å². The van der Waals surface area contributed by atoms with Crippen molar-refractivity contribution >= 4 is 10.5 Å². The topological polar surface area (TPSA) is 9.23 Å². The van der Waals surface area contributed by atoms with E-state index < -0.39 is 0 Å². The maximum Gasteiger partial charge on any atom is 0.247 e. The van der Waals surface area contributed by atoms with Crippen LogP contribution >= 0.6 is 0 Å². The first-order valence-electron chi connectivity index (χ1n) is 4.22. The molecule has 2 heteroatoms. The quantitative estimate of drug-likeness (QED) is 0.591. The van der Waals surface area contributed by atoms with E-state index in [1.165, 1.54) is 12.8 Å². The van der Waals surface area contributed by atoms with Gasteiger partial charge in [-0.25, -0.2) is 0 Å². The van der Waals surface area contributed by atoms with Crippen molar-refractivity contribution in [2.75, 3.05) is 0 Å². The van der Waals surface area contributed by atoms with Crippen LogP contribution < -0.4 is 0 Å². The Morgan fingerprint density at radius 1 is 1.18 bits per heavy atom. The van der Waals surface area contributed by atoms with Gasteiger partial charge in [-0.2, -0.15) is 0 Å². The molecule has 11 heavy (non-hydrogen) atoms. The van der Waals surface area contributed by atoms with E-state index in [4.69, 9.17) is 4.43 Å². The molecule has 0 spiro atoms. The Hall–Kier alpha value is 0.177. The van der Waals surface area contributed by atoms with Crippen molar-refractivity contribution in [3.8, 4) is 0 Å². The highest BCUT2D eigenvalue weighted by molar-refractivity contribution is 5.98. The molecule has 0 aromatic rings. The Balaban J connectivity index is 4.26. The van der Waals surface area contributed by atoms with Gasteiger partial charge in [0.2, 0.25) is 10.5 Å². The van der Waals surface area contributed by atoms with Crippen molar-refractivity contribution in [2.45, 2.75) is 53.1 Å². The minimum Gasteiger partial charge on any atom is -0.413 e. The summed E-state index contributed by atoms with van der Waals surface area (Å²) in [6.45, 7) is 10.9. The Bertz CT molecular complexity index is 119. The molecule has 0 saturated heterocycles. The molecular formula is C9H19OSi. The first-order chi connectivity index (χ1) is 4.87. The van der Waals surface area contributed by atoms with Crippen LogP contribution in [0.25, 0.3) is 0 Å². The Labute approximate surface area is 74.1 Å². The lowest BCUT2D eigenvalue weighted by atomic mass is 9.74. The highest BCUT2D eigenvalue weighted by atomic mass is 28.2. The van der Waals surface area contributed by atoms with Crippen molar-refractivity contribution in [3.05, 3.63) is 0 Å². The molecule has 0 aliphatic heterocycles. The molecule has 65 valence electrons. The van der Waals surface area contributed by atoms with Crippen molar-refractivity contribution in [1.29, 1.82) is 0 Å². The minimum absolute atomic E-state index is 0.0973. The maximum absolute atomic E-state index is 5.26. The molecule has 0 aromatic carbocycles. The second kappa shape index (κ2) is 3.72. The van der Waals surface area contributed by atoms with Gasteiger partial charge in [-0.15, -0.1) is 0 Å². The fourth-order valence-electron chi connectivity index (χ4n) is 1.06. The predicted octanol–water partition coefficient (Wildman–Crippen LogP) is 2.69. The Morgan fingerprint density at radius 2 is 1.64 bits per heavy atom. The van der Waals surface area contributed by atoms with Crippen molar-refractivity contribution in [2.24, 2.45) is 5.41 Å². The Morgan fingerprint density at radius 3 is 1.91 bits per heavy atom. The van der Waals surface area contributed by atoms with Crippen LogP contribution in [0.2, 0.25) is 0 Å². The van der Waals surface area contributed by atoms with Gasteiger partial charge >= 0.3 is 0 Å². The lowest BCUT2D eigenvalue weighted by Crippen LogP contribution is -2.40. The second-order valence-corrected chi connectivity index (χ2v) is 4.45. The number of rotatable bonds is 4. The van der Waals surface area contributed by atoms with Gasteiger partial charge in [-0.05, 0) is 25.7 Å². The van der Waals surface area contributed by atoms with Crippen LogP contribution in [-0.2, 0) is 4.43 Å². The summed E-state index contributed by atoms with van der Waals surface area (Å²) in [6.07, 6.45) is 2.39. The third-order valence-corrected chi connectivity index (χ3v) is 3.27. The van der Waals surface area contributed by atoms with E-state index in [0.29, 0.717) is 0 Å². The van der Waals surface area contributed by atoms with E-state index >= 15 is 0 Å². The van der Waals surface area contributed by atoms with E-state index in [1.807, 2.05) is 0 Å². The summed E-state index contributed by atoms with van der Waals surface area (Å²) in [4.78, 5) is 0. The molecule has 3 radical (unpaired) electrons. The lowest BCUT2D eigenvalue weighted by Gasteiger charge is -2.40. The summed E-state index contributed by atoms with van der Waals surface area (Å²) < 4.78 is 5.26. The van der Waals surface area contributed by atoms with Gasteiger partial charge in [0.25, 0.3) is 0 Å². The molecular weight excluding hydrogens is 152 g/mol. The van der Waals surface area contributed by atoms with Crippen LogP contribution in [0.5, 0.6) is 0 Å². The van der Waals surface area contributed by atoms with Gasteiger partial charge in [-0.3, -0.25) is 0 Å². The van der Waals surface area contributed by atoms with Crippen LogP contribution in [0.1, 0.15) is 47.5 Å².